The minimum Gasteiger partial charge on any atom is -0.418 e. The molecule has 8 heteroatoms. The summed E-state index contributed by atoms with van der Waals surface area (Å²) < 4.78 is 41.1. The molecule has 0 unspecified atom stereocenters. The Kier molecular flexibility index (Phi) is 9.75. The number of rotatable bonds is 3. The van der Waals surface area contributed by atoms with E-state index < -0.39 is 7.25 Å². The number of halogens is 4. The van der Waals surface area contributed by atoms with Crippen molar-refractivity contribution < 1.29 is 21.8 Å². The molecule has 0 aliphatic heterocycles. The number of guanidine groups is 1. The Hall–Kier alpha value is -0.945. The van der Waals surface area contributed by atoms with E-state index >= 15 is 0 Å². The van der Waals surface area contributed by atoms with Gasteiger partial charge in [0.05, 0.1) is 41.8 Å². The van der Waals surface area contributed by atoms with Gasteiger partial charge in [-0.15, -0.1) is 0 Å². The molecule has 110 valence electrons. The molecule has 0 radical (unpaired) electrons. The van der Waals surface area contributed by atoms with Crippen LogP contribution in [0.25, 0.3) is 0 Å². The summed E-state index contributed by atoms with van der Waals surface area (Å²) in [5.74, 6) is 1.26. The first-order valence-electron chi connectivity index (χ1n) is 5.80. The van der Waals surface area contributed by atoms with Gasteiger partial charge in [-0.1, -0.05) is 13.3 Å². The monoisotopic (exact) mass is 273 g/mol. The van der Waals surface area contributed by atoms with Gasteiger partial charge < -0.3 is 17.3 Å². The Morgan fingerprint density at radius 1 is 1.06 bits per heavy atom. The van der Waals surface area contributed by atoms with Crippen LogP contribution in [-0.4, -0.2) is 69.4 Å². The van der Waals surface area contributed by atoms with Crippen molar-refractivity contribution in [2.45, 2.75) is 19.8 Å². The van der Waals surface area contributed by atoms with E-state index in [1.807, 2.05) is 0 Å². The molecule has 0 rings (SSSR count). The summed E-state index contributed by atoms with van der Waals surface area (Å²) >= 11 is 0. The first kappa shape index (κ1) is 19.4. The van der Waals surface area contributed by atoms with E-state index in [0.717, 1.165) is 6.54 Å². The Morgan fingerprint density at radius 2 is 1.44 bits per heavy atom. The molecule has 0 fully saturated rings. The van der Waals surface area contributed by atoms with Crippen molar-refractivity contribution in [1.82, 2.24) is 9.80 Å². The molecule has 0 amide bonds. The van der Waals surface area contributed by atoms with E-state index in [-0.39, 0.29) is 0 Å². The van der Waals surface area contributed by atoms with Gasteiger partial charge >= 0.3 is 13.2 Å². The minimum atomic E-state index is -6.00. The maximum Gasteiger partial charge on any atom is 0.673 e. The third kappa shape index (κ3) is 13.1. The summed E-state index contributed by atoms with van der Waals surface area (Å²) in [6.07, 6.45) is 2.50. The van der Waals surface area contributed by atoms with Crippen LogP contribution in [0.15, 0.2) is 0 Å². The van der Waals surface area contributed by atoms with E-state index in [9.17, 15) is 17.3 Å². The lowest BCUT2D eigenvalue weighted by Crippen LogP contribution is -2.43. The van der Waals surface area contributed by atoms with E-state index in [0.29, 0.717) is 0 Å². The van der Waals surface area contributed by atoms with Crippen molar-refractivity contribution in [2.75, 3.05) is 41.8 Å². The lowest BCUT2D eigenvalue weighted by Gasteiger charge is -2.20. The number of unbranched alkanes of at least 4 members (excludes halogenated alkanes) is 1. The average Bonchev–Trinajstić information content (AvgIpc) is 2.10. The summed E-state index contributed by atoms with van der Waals surface area (Å²) in [6.45, 7) is 3.35. The van der Waals surface area contributed by atoms with Crippen molar-refractivity contribution in [3.05, 3.63) is 0 Å². The zero-order valence-corrected chi connectivity index (χ0v) is 12.1. The molecule has 0 heterocycles. The van der Waals surface area contributed by atoms with Crippen LogP contribution in [0.5, 0.6) is 0 Å². The second-order valence-electron chi connectivity index (χ2n) is 4.36. The molecule has 0 aromatic rings. The molecule has 0 spiro atoms. The molecule has 0 saturated carbocycles. The zero-order chi connectivity index (χ0) is 14.9. The van der Waals surface area contributed by atoms with Crippen molar-refractivity contribution in [3.8, 4) is 0 Å². The van der Waals surface area contributed by atoms with Crippen LogP contribution in [0.4, 0.5) is 17.3 Å². The highest BCUT2D eigenvalue weighted by molar-refractivity contribution is 6.50. The van der Waals surface area contributed by atoms with E-state index in [2.05, 4.69) is 56.5 Å². The van der Waals surface area contributed by atoms with Crippen LogP contribution >= 0.6 is 0 Å². The summed E-state index contributed by atoms with van der Waals surface area (Å²) in [5, 5.41) is 0. The normalized spacial score (nSPS) is 10.3. The highest BCUT2D eigenvalue weighted by Gasteiger charge is 2.20. The second-order valence-corrected chi connectivity index (χ2v) is 4.36. The zero-order valence-electron chi connectivity index (χ0n) is 12.1. The van der Waals surface area contributed by atoms with E-state index in [1.54, 1.807) is 0 Å². The Morgan fingerprint density at radius 3 is 1.67 bits per heavy atom. The summed E-state index contributed by atoms with van der Waals surface area (Å²) in [5.41, 5.74) is 0. The van der Waals surface area contributed by atoms with Gasteiger partial charge in [0.25, 0.3) is 0 Å². The average molecular weight is 273 g/mol. The van der Waals surface area contributed by atoms with Crippen LogP contribution in [-0.2, 0) is 0 Å². The predicted octanol–water partition coefficient (Wildman–Crippen LogP) is 2.21. The fourth-order valence-electron chi connectivity index (χ4n) is 1.58. The minimum absolute atomic E-state index is 1.13. The molecular weight excluding hydrogens is 249 g/mol. The van der Waals surface area contributed by atoms with Crippen LogP contribution in [0.2, 0.25) is 0 Å². The van der Waals surface area contributed by atoms with Crippen LogP contribution in [0, 0.1) is 0 Å². The lowest BCUT2D eigenvalue weighted by atomic mass is 10.3. The summed E-state index contributed by atoms with van der Waals surface area (Å²) in [6, 6.07) is 0. The Bertz CT molecular complexity index is 244. The summed E-state index contributed by atoms with van der Waals surface area (Å²) in [4.78, 5) is 4.44. The summed E-state index contributed by atoms with van der Waals surface area (Å²) in [7, 11) is 4.47. The lowest BCUT2D eigenvalue weighted by molar-refractivity contribution is -0.475. The van der Waals surface area contributed by atoms with Gasteiger partial charge in [-0.3, -0.25) is 14.4 Å². The first-order valence-corrected chi connectivity index (χ1v) is 5.80. The number of hydrogen-bond acceptors (Lipinski definition) is 0. The third-order valence-corrected chi connectivity index (χ3v) is 1.99. The highest BCUT2D eigenvalue weighted by Crippen LogP contribution is 2.06. The fraction of sp³-hybridized carbons (Fsp3) is 0.900. The number of nitrogens with zero attached hydrogens (tertiary/aromatic N) is 3. The maximum atomic E-state index is 9.75. The molecule has 0 aromatic heterocycles. The topological polar surface area (TPSA) is 9.49 Å². The maximum absolute atomic E-state index is 9.75. The van der Waals surface area contributed by atoms with Crippen LogP contribution in [0.3, 0.4) is 0 Å². The Balaban J connectivity index is 0. The first-order chi connectivity index (χ1) is 8.00. The van der Waals surface area contributed by atoms with Gasteiger partial charge in [0, 0.05) is 0 Å². The quantitative estimate of drug-likeness (QED) is 0.256. The highest BCUT2D eigenvalue weighted by atomic mass is 19.5. The molecule has 0 bridgehead atoms. The molecule has 3 nitrogen and oxygen atoms in total. The van der Waals surface area contributed by atoms with Crippen molar-refractivity contribution >= 4 is 13.2 Å². The molecule has 0 atom stereocenters. The van der Waals surface area contributed by atoms with Gasteiger partial charge in [0.15, 0.2) is 0 Å². The van der Waals surface area contributed by atoms with Gasteiger partial charge in [-0.2, -0.15) is 0 Å². The third-order valence-electron chi connectivity index (χ3n) is 1.99. The van der Waals surface area contributed by atoms with E-state index in [1.165, 1.54) is 18.8 Å². The Labute approximate surface area is 107 Å². The smallest absolute Gasteiger partial charge is 0.418 e. The van der Waals surface area contributed by atoms with Crippen molar-refractivity contribution in [3.63, 3.8) is 0 Å². The number of hydrogen-bond donors (Lipinski definition) is 0. The molecule has 0 aliphatic carbocycles. The predicted molar refractivity (Wildman–Crippen MR) is 68.5 cm³/mol. The molecule has 18 heavy (non-hydrogen) atoms. The molecule has 0 saturated heterocycles. The van der Waals surface area contributed by atoms with Crippen molar-refractivity contribution in [2.24, 2.45) is 0 Å². The van der Waals surface area contributed by atoms with Gasteiger partial charge in [0.2, 0.25) is 0 Å². The molecular formula is C10H24BF4N3. The van der Waals surface area contributed by atoms with Gasteiger partial charge in [0.1, 0.15) is 0 Å². The molecule has 0 aromatic carbocycles. The van der Waals surface area contributed by atoms with E-state index in [4.69, 9.17) is 0 Å². The standard InChI is InChI=1S/C10H24N3.BF4/c1-7-8-9-13(6)10(11(2)3)12(4)5;2-1(3,4)5/h7-9H2,1-6H3;/q+1;-1. The largest absolute Gasteiger partial charge is 0.673 e. The molecule has 0 aliphatic rings. The van der Waals surface area contributed by atoms with Crippen LogP contribution < -0.4 is 0 Å². The fourth-order valence-corrected chi connectivity index (χ4v) is 1.58. The van der Waals surface area contributed by atoms with Gasteiger partial charge in [-0.25, -0.2) is 0 Å². The molecule has 0 N–H and O–H groups in total. The van der Waals surface area contributed by atoms with Gasteiger partial charge in [-0.05, 0) is 6.42 Å². The van der Waals surface area contributed by atoms with Crippen LogP contribution in [0.1, 0.15) is 19.8 Å². The van der Waals surface area contributed by atoms with Crippen molar-refractivity contribution in [1.29, 1.82) is 0 Å². The SMILES string of the molecule is CCCCN(C)C(N(C)C)=[N+](C)C.F[B-](F)(F)F. The second kappa shape index (κ2) is 9.05.